The Bertz CT molecular complexity index is 1200. The number of piperazine rings is 1. The number of pyridine rings is 1. The van der Waals surface area contributed by atoms with Gasteiger partial charge >= 0.3 is 0 Å². The van der Waals surface area contributed by atoms with Gasteiger partial charge in [0.05, 0.1) is 0 Å². The number of benzene rings is 1. The predicted octanol–water partition coefficient (Wildman–Crippen LogP) is 3.75. The van der Waals surface area contributed by atoms with Crippen LogP contribution in [0.3, 0.4) is 0 Å². The summed E-state index contributed by atoms with van der Waals surface area (Å²) in [6.07, 6.45) is 6.21. The summed E-state index contributed by atoms with van der Waals surface area (Å²) >= 11 is 0. The number of aromatic nitrogens is 3. The molecule has 38 heavy (non-hydrogen) atoms. The van der Waals surface area contributed by atoms with Gasteiger partial charge in [-0.05, 0) is 61.3 Å². The molecule has 1 saturated heterocycles. The van der Waals surface area contributed by atoms with Crippen LogP contribution in [0.25, 0.3) is 11.5 Å². The third-order valence-corrected chi connectivity index (χ3v) is 8.17. The van der Waals surface area contributed by atoms with Crippen LogP contribution in [0.5, 0.6) is 0 Å². The maximum Gasteiger partial charge on any atom is 0.247 e. The minimum absolute atomic E-state index is 0.237. The van der Waals surface area contributed by atoms with Gasteiger partial charge in [-0.2, -0.15) is 5.23 Å². The average molecular weight is 519 g/mol. The minimum Gasteiger partial charge on any atom is -0.595 e. The van der Waals surface area contributed by atoms with Crippen LogP contribution in [0.4, 0.5) is 11.5 Å². The lowest BCUT2D eigenvalue weighted by Gasteiger charge is -2.41. The summed E-state index contributed by atoms with van der Waals surface area (Å²) in [6, 6.07) is 12.7. The molecular weight excluding hydrogens is 480 g/mol. The first-order valence-corrected chi connectivity index (χ1v) is 13.6. The first kappa shape index (κ1) is 26.5. The molecule has 5 rings (SSSR count). The van der Waals surface area contributed by atoms with E-state index in [4.69, 9.17) is 9.62 Å². The molecule has 0 radical (unpaired) electrons. The van der Waals surface area contributed by atoms with Gasteiger partial charge in [0, 0.05) is 63.0 Å². The van der Waals surface area contributed by atoms with Crippen molar-refractivity contribution in [2.45, 2.75) is 33.6 Å². The van der Waals surface area contributed by atoms with Crippen LogP contribution >= 0.6 is 0 Å². The molecule has 2 aromatic heterocycles. The topological polar surface area (TPSA) is 106 Å². The highest BCUT2D eigenvalue weighted by Crippen LogP contribution is 2.39. The Labute approximate surface area is 224 Å². The van der Waals surface area contributed by atoms with Crippen molar-refractivity contribution in [3.8, 4) is 11.5 Å². The van der Waals surface area contributed by atoms with Crippen molar-refractivity contribution in [3.05, 3.63) is 71.4 Å². The Morgan fingerprint density at radius 3 is 2.50 bits per heavy atom. The highest BCUT2D eigenvalue weighted by atomic mass is 16.8. The molecule has 0 bridgehead atoms. The molecule has 1 aliphatic heterocycles. The zero-order valence-corrected chi connectivity index (χ0v) is 22.5. The lowest BCUT2D eigenvalue weighted by molar-refractivity contribution is -0.991. The van der Waals surface area contributed by atoms with Gasteiger partial charge in [0.25, 0.3) is 0 Å². The molecule has 1 aromatic carbocycles. The van der Waals surface area contributed by atoms with E-state index >= 15 is 0 Å². The highest BCUT2D eigenvalue weighted by molar-refractivity contribution is 5.55. The molecule has 2 N–H and O–H groups in total. The van der Waals surface area contributed by atoms with Crippen molar-refractivity contribution in [2.24, 2.45) is 23.7 Å². The molecule has 0 amide bonds. The molecule has 3 heterocycles. The third kappa shape index (κ3) is 6.13. The summed E-state index contributed by atoms with van der Waals surface area (Å²) in [5.74, 6) is 4.24. The van der Waals surface area contributed by atoms with Crippen molar-refractivity contribution in [1.82, 2.24) is 20.1 Å². The molecule has 202 valence electrons. The molecule has 1 fully saturated rings. The summed E-state index contributed by atoms with van der Waals surface area (Å²) < 4.78 is 6.00. The van der Waals surface area contributed by atoms with Crippen LogP contribution in [-0.2, 0) is 6.42 Å². The SMILES string of the molecule is CC1=CC(CN2CCN(c3ccccn3)CC2)C(C(C)C)CC1Cc1nnc(-c2ccc([NH+]([O-])O)cc2)o1. The number of hydrogen-bond acceptors (Lipinski definition) is 8. The standard InChI is InChI=1S/C29H38N6O3/c1-20(2)26-17-23(18-28-31-32-29(38-28)22-7-9-25(10-8-22)35(36)37)21(3)16-24(26)19-33-12-14-34(15-13-33)27-6-4-5-11-30-27/h4-11,16,20,23-24,26,35-36H,12-15,17-19H2,1-3H3. The zero-order valence-electron chi connectivity index (χ0n) is 22.5. The van der Waals surface area contributed by atoms with E-state index in [2.05, 4.69) is 64.0 Å². The Balaban J connectivity index is 1.21. The molecule has 1 aliphatic carbocycles. The predicted molar refractivity (Wildman–Crippen MR) is 146 cm³/mol. The van der Waals surface area contributed by atoms with E-state index in [1.807, 2.05) is 12.3 Å². The maximum absolute atomic E-state index is 11.1. The average Bonchev–Trinajstić information content (AvgIpc) is 3.39. The van der Waals surface area contributed by atoms with Crippen molar-refractivity contribution in [1.29, 1.82) is 0 Å². The summed E-state index contributed by atoms with van der Waals surface area (Å²) in [6.45, 7) is 12.2. The summed E-state index contributed by atoms with van der Waals surface area (Å²) in [5, 5.41) is 27.8. The highest BCUT2D eigenvalue weighted by Gasteiger charge is 2.34. The van der Waals surface area contributed by atoms with E-state index < -0.39 is 5.23 Å². The van der Waals surface area contributed by atoms with Crippen molar-refractivity contribution in [3.63, 3.8) is 0 Å². The first-order valence-electron chi connectivity index (χ1n) is 13.6. The molecule has 2 aliphatic rings. The Kier molecular flexibility index (Phi) is 8.18. The quantitative estimate of drug-likeness (QED) is 0.343. The lowest BCUT2D eigenvalue weighted by atomic mass is 9.69. The van der Waals surface area contributed by atoms with Crippen LogP contribution < -0.4 is 10.1 Å². The van der Waals surface area contributed by atoms with Crippen molar-refractivity contribution >= 4 is 11.5 Å². The summed E-state index contributed by atoms with van der Waals surface area (Å²) in [4.78, 5) is 9.52. The Morgan fingerprint density at radius 1 is 1.08 bits per heavy atom. The fourth-order valence-electron chi connectivity index (χ4n) is 5.90. The van der Waals surface area contributed by atoms with Gasteiger partial charge in [0.15, 0.2) is 5.69 Å². The van der Waals surface area contributed by atoms with Gasteiger partial charge in [-0.3, -0.25) is 4.90 Å². The molecular formula is C29H38N6O3. The fraction of sp³-hybridized carbons (Fsp3) is 0.483. The molecule has 0 saturated carbocycles. The van der Waals surface area contributed by atoms with Gasteiger partial charge in [-0.1, -0.05) is 31.6 Å². The minimum atomic E-state index is -0.952. The van der Waals surface area contributed by atoms with E-state index in [9.17, 15) is 5.21 Å². The second kappa shape index (κ2) is 11.7. The molecule has 3 aromatic rings. The van der Waals surface area contributed by atoms with E-state index in [1.54, 1.807) is 24.3 Å². The number of nitrogens with zero attached hydrogens (tertiary/aromatic N) is 5. The Morgan fingerprint density at radius 2 is 1.84 bits per heavy atom. The fourth-order valence-corrected chi connectivity index (χ4v) is 5.90. The molecule has 9 heteroatoms. The largest absolute Gasteiger partial charge is 0.595 e. The molecule has 9 nitrogen and oxygen atoms in total. The number of nitrogens with one attached hydrogen (secondary N) is 1. The number of hydrogen-bond donors (Lipinski definition) is 2. The van der Waals surface area contributed by atoms with Gasteiger partial charge in [0.2, 0.25) is 11.8 Å². The van der Waals surface area contributed by atoms with E-state index in [-0.39, 0.29) is 5.69 Å². The van der Waals surface area contributed by atoms with Gasteiger partial charge in [-0.25, -0.2) is 10.2 Å². The van der Waals surface area contributed by atoms with Crippen LogP contribution in [-0.4, -0.2) is 58.0 Å². The van der Waals surface area contributed by atoms with E-state index in [1.165, 1.54) is 5.57 Å². The normalized spacial score (nSPS) is 23.5. The van der Waals surface area contributed by atoms with E-state index in [0.29, 0.717) is 35.5 Å². The summed E-state index contributed by atoms with van der Waals surface area (Å²) in [7, 11) is 0. The van der Waals surface area contributed by atoms with Crippen LogP contribution in [0.2, 0.25) is 0 Å². The first-order chi connectivity index (χ1) is 18.4. The van der Waals surface area contributed by atoms with Crippen molar-refractivity contribution in [2.75, 3.05) is 37.6 Å². The number of anilines is 1. The van der Waals surface area contributed by atoms with Crippen LogP contribution in [0.15, 0.2) is 64.7 Å². The van der Waals surface area contributed by atoms with Crippen LogP contribution in [0, 0.1) is 28.9 Å². The van der Waals surface area contributed by atoms with Crippen molar-refractivity contribution < 1.29 is 14.9 Å². The van der Waals surface area contributed by atoms with E-state index in [0.717, 1.165) is 56.9 Å². The number of rotatable bonds is 8. The Hall–Kier alpha value is -3.11. The molecule has 4 unspecified atom stereocenters. The zero-order chi connectivity index (χ0) is 26.6. The van der Waals surface area contributed by atoms with Gasteiger partial charge in [0.1, 0.15) is 5.82 Å². The van der Waals surface area contributed by atoms with Gasteiger partial charge in [-0.15, -0.1) is 10.2 Å². The second-order valence-corrected chi connectivity index (χ2v) is 11.0. The molecule has 4 atom stereocenters. The number of quaternary nitrogens is 1. The smallest absolute Gasteiger partial charge is 0.247 e. The third-order valence-electron chi connectivity index (χ3n) is 8.17. The van der Waals surface area contributed by atoms with Gasteiger partial charge < -0.3 is 14.5 Å². The van der Waals surface area contributed by atoms with Crippen LogP contribution in [0.1, 0.15) is 33.1 Å². The maximum atomic E-state index is 11.1. The second-order valence-electron chi connectivity index (χ2n) is 11.0. The lowest BCUT2D eigenvalue weighted by Crippen LogP contribution is -2.99. The monoisotopic (exact) mass is 518 g/mol. The number of allylic oxidation sites excluding steroid dienone is 1. The molecule has 0 spiro atoms. The summed E-state index contributed by atoms with van der Waals surface area (Å²) in [5.41, 5.74) is 2.37.